The fourth-order valence-electron chi connectivity index (χ4n) is 1.22. The third-order valence-corrected chi connectivity index (χ3v) is 1.96. The lowest BCUT2D eigenvalue weighted by molar-refractivity contribution is 0.427. The zero-order chi connectivity index (χ0) is 11.3. The van der Waals surface area contributed by atoms with E-state index in [0.29, 0.717) is 0 Å². The lowest BCUT2D eigenvalue weighted by Gasteiger charge is -1.94. The van der Waals surface area contributed by atoms with Crippen molar-refractivity contribution in [2.45, 2.75) is 27.7 Å². The SMILES string of the molecule is CC.Cc1ccc(-c2cc(C)no2)cc1. The molecule has 0 N–H and O–H groups in total. The third kappa shape index (κ3) is 2.94. The van der Waals surface area contributed by atoms with Crippen LogP contribution in [0.2, 0.25) is 0 Å². The Morgan fingerprint density at radius 1 is 1.00 bits per heavy atom. The third-order valence-electron chi connectivity index (χ3n) is 1.96. The first-order valence-electron chi connectivity index (χ1n) is 5.26. The van der Waals surface area contributed by atoms with E-state index in [-0.39, 0.29) is 0 Å². The fraction of sp³-hybridized carbons (Fsp3) is 0.308. The van der Waals surface area contributed by atoms with Gasteiger partial charge in [-0.05, 0) is 13.8 Å². The number of nitrogens with zero attached hydrogens (tertiary/aromatic N) is 1. The number of aryl methyl sites for hydroxylation is 2. The van der Waals surface area contributed by atoms with Crippen LogP contribution in [-0.4, -0.2) is 5.16 Å². The van der Waals surface area contributed by atoms with Crippen LogP contribution in [-0.2, 0) is 0 Å². The van der Waals surface area contributed by atoms with E-state index in [1.165, 1.54) is 5.56 Å². The summed E-state index contributed by atoms with van der Waals surface area (Å²) in [4.78, 5) is 0. The second-order valence-corrected chi connectivity index (χ2v) is 3.20. The van der Waals surface area contributed by atoms with E-state index in [9.17, 15) is 0 Å². The van der Waals surface area contributed by atoms with Gasteiger partial charge in [0.25, 0.3) is 0 Å². The maximum absolute atomic E-state index is 5.14. The van der Waals surface area contributed by atoms with E-state index in [1.54, 1.807) is 0 Å². The number of hydrogen-bond acceptors (Lipinski definition) is 2. The van der Waals surface area contributed by atoms with Gasteiger partial charge in [0, 0.05) is 11.6 Å². The van der Waals surface area contributed by atoms with E-state index >= 15 is 0 Å². The van der Waals surface area contributed by atoms with Gasteiger partial charge in [0.05, 0.1) is 5.69 Å². The minimum atomic E-state index is 0.831. The van der Waals surface area contributed by atoms with Crippen LogP contribution in [0.4, 0.5) is 0 Å². The molecule has 2 aromatic rings. The number of rotatable bonds is 1. The predicted molar refractivity (Wildman–Crippen MR) is 62.8 cm³/mol. The quantitative estimate of drug-likeness (QED) is 0.700. The highest BCUT2D eigenvalue weighted by atomic mass is 16.5. The summed E-state index contributed by atoms with van der Waals surface area (Å²) < 4.78 is 5.14. The fourth-order valence-corrected chi connectivity index (χ4v) is 1.22. The molecule has 15 heavy (non-hydrogen) atoms. The first-order valence-corrected chi connectivity index (χ1v) is 5.26. The summed E-state index contributed by atoms with van der Waals surface area (Å²) in [6, 6.07) is 10.1. The van der Waals surface area contributed by atoms with Crippen LogP contribution >= 0.6 is 0 Å². The Labute approximate surface area is 90.9 Å². The molecule has 0 amide bonds. The maximum Gasteiger partial charge on any atom is 0.167 e. The standard InChI is InChI=1S/C11H11NO.C2H6/c1-8-3-5-10(6-4-8)11-7-9(2)12-13-11;1-2/h3-7H,1-2H3;1-2H3. The smallest absolute Gasteiger partial charge is 0.167 e. The largest absolute Gasteiger partial charge is 0.356 e. The van der Waals surface area contributed by atoms with Crippen molar-refractivity contribution in [3.8, 4) is 11.3 Å². The van der Waals surface area contributed by atoms with Crippen molar-refractivity contribution in [2.75, 3.05) is 0 Å². The molecule has 0 aliphatic rings. The maximum atomic E-state index is 5.14. The Kier molecular flexibility index (Phi) is 4.10. The monoisotopic (exact) mass is 203 g/mol. The van der Waals surface area contributed by atoms with Crippen LogP contribution in [0.15, 0.2) is 34.9 Å². The van der Waals surface area contributed by atoms with E-state index in [1.807, 2.05) is 39.0 Å². The molecular formula is C13H17NO. The molecule has 1 heterocycles. The summed E-state index contributed by atoms with van der Waals surface area (Å²) >= 11 is 0. The molecular weight excluding hydrogens is 186 g/mol. The van der Waals surface area contributed by atoms with E-state index < -0.39 is 0 Å². The summed E-state index contributed by atoms with van der Waals surface area (Å²) in [5, 5.41) is 3.84. The van der Waals surface area contributed by atoms with Gasteiger partial charge in [-0.1, -0.05) is 48.8 Å². The average Bonchev–Trinajstić information content (AvgIpc) is 2.69. The highest BCUT2D eigenvalue weighted by Gasteiger charge is 2.02. The van der Waals surface area contributed by atoms with Crippen molar-refractivity contribution in [1.82, 2.24) is 5.16 Å². The Morgan fingerprint density at radius 3 is 2.07 bits per heavy atom. The van der Waals surface area contributed by atoms with Crippen molar-refractivity contribution < 1.29 is 4.52 Å². The van der Waals surface area contributed by atoms with Crippen LogP contribution < -0.4 is 0 Å². The van der Waals surface area contributed by atoms with Crippen LogP contribution in [0.3, 0.4) is 0 Å². The lowest BCUT2D eigenvalue weighted by atomic mass is 10.1. The minimum absolute atomic E-state index is 0.831. The molecule has 0 unspecified atom stereocenters. The van der Waals surface area contributed by atoms with Gasteiger partial charge in [-0.2, -0.15) is 0 Å². The summed E-state index contributed by atoms with van der Waals surface area (Å²) in [6.45, 7) is 7.98. The summed E-state index contributed by atoms with van der Waals surface area (Å²) in [5.41, 5.74) is 3.24. The molecule has 2 heteroatoms. The van der Waals surface area contributed by atoms with Crippen molar-refractivity contribution in [1.29, 1.82) is 0 Å². The Hall–Kier alpha value is -1.57. The Morgan fingerprint density at radius 2 is 1.60 bits per heavy atom. The van der Waals surface area contributed by atoms with Crippen molar-refractivity contribution >= 4 is 0 Å². The van der Waals surface area contributed by atoms with Gasteiger partial charge in [0.2, 0.25) is 0 Å². The highest BCUT2D eigenvalue weighted by Crippen LogP contribution is 2.19. The number of hydrogen-bond donors (Lipinski definition) is 0. The van der Waals surface area contributed by atoms with Gasteiger partial charge < -0.3 is 4.52 Å². The Balaban J connectivity index is 0.000000531. The van der Waals surface area contributed by atoms with Crippen molar-refractivity contribution in [3.63, 3.8) is 0 Å². The van der Waals surface area contributed by atoms with E-state index in [4.69, 9.17) is 4.52 Å². The lowest BCUT2D eigenvalue weighted by Crippen LogP contribution is -1.74. The van der Waals surface area contributed by atoms with E-state index in [0.717, 1.165) is 17.0 Å². The molecule has 0 fully saturated rings. The minimum Gasteiger partial charge on any atom is -0.356 e. The normalized spacial score (nSPS) is 9.33. The first kappa shape index (κ1) is 11.5. The van der Waals surface area contributed by atoms with Crippen LogP contribution in [0, 0.1) is 13.8 Å². The van der Waals surface area contributed by atoms with Crippen molar-refractivity contribution in [3.05, 3.63) is 41.6 Å². The van der Waals surface area contributed by atoms with Crippen molar-refractivity contribution in [2.24, 2.45) is 0 Å². The first-order chi connectivity index (χ1) is 7.25. The molecule has 0 spiro atoms. The van der Waals surface area contributed by atoms with Gasteiger partial charge in [-0.3, -0.25) is 0 Å². The zero-order valence-electron chi connectivity index (χ0n) is 9.74. The topological polar surface area (TPSA) is 26.0 Å². The molecule has 0 aliphatic carbocycles. The second-order valence-electron chi connectivity index (χ2n) is 3.20. The average molecular weight is 203 g/mol. The molecule has 0 atom stereocenters. The van der Waals surface area contributed by atoms with Crippen LogP contribution in [0.25, 0.3) is 11.3 Å². The van der Waals surface area contributed by atoms with E-state index in [2.05, 4.69) is 24.2 Å². The number of benzene rings is 1. The van der Waals surface area contributed by atoms with Gasteiger partial charge in [-0.25, -0.2) is 0 Å². The summed E-state index contributed by atoms with van der Waals surface area (Å²) in [7, 11) is 0. The molecule has 0 bridgehead atoms. The Bertz CT molecular complexity index is 401. The molecule has 2 rings (SSSR count). The molecule has 0 aliphatic heterocycles. The number of aromatic nitrogens is 1. The molecule has 0 saturated carbocycles. The van der Waals surface area contributed by atoms with Gasteiger partial charge in [-0.15, -0.1) is 0 Å². The molecule has 80 valence electrons. The second kappa shape index (κ2) is 5.35. The summed E-state index contributed by atoms with van der Waals surface area (Å²) in [5.74, 6) is 0.831. The van der Waals surface area contributed by atoms with Crippen LogP contribution in [0.1, 0.15) is 25.1 Å². The predicted octanol–water partition coefficient (Wildman–Crippen LogP) is 3.98. The molecule has 0 saturated heterocycles. The van der Waals surface area contributed by atoms with Crippen LogP contribution in [0.5, 0.6) is 0 Å². The van der Waals surface area contributed by atoms with Gasteiger partial charge in [0.1, 0.15) is 0 Å². The molecule has 2 nitrogen and oxygen atoms in total. The molecule has 1 aromatic heterocycles. The molecule has 1 aromatic carbocycles. The zero-order valence-corrected chi connectivity index (χ0v) is 9.74. The molecule has 0 radical (unpaired) electrons. The van der Waals surface area contributed by atoms with Gasteiger partial charge >= 0.3 is 0 Å². The van der Waals surface area contributed by atoms with Gasteiger partial charge in [0.15, 0.2) is 5.76 Å². The summed E-state index contributed by atoms with van der Waals surface area (Å²) in [6.07, 6.45) is 0. The highest BCUT2D eigenvalue weighted by molar-refractivity contribution is 5.57.